The Morgan fingerprint density at radius 3 is 2.79 bits per heavy atom. The van der Waals surface area contributed by atoms with E-state index < -0.39 is 5.97 Å². The zero-order valence-corrected chi connectivity index (χ0v) is 12.2. The molecule has 0 unspecified atom stereocenters. The molecule has 0 aliphatic heterocycles. The average molecular weight is 302 g/mol. The third-order valence-electron chi connectivity index (χ3n) is 2.47. The molecule has 104 valence electrons. The summed E-state index contributed by atoms with van der Waals surface area (Å²) in [5.41, 5.74) is 1.07. The minimum absolute atomic E-state index is 0.0266. The highest BCUT2D eigenvalue weighted by Crippen LogP contribution is 2.16. The molecule has 0 aliphatic carbocycles. The number of carboxylic acid groups (broad SMARTS) is 1. The number of hydrogen-bond acceptors (Lipinski definition) is 3. The smallest absolute Gasteiger partial charge is 0.305 e. The Kier molecular flexibility index (Phi) is 6.73. The van der Waals surface area contributed by atoms with Gasteiger partial charge in [0.05, 0.1) is 12.2 Å². The quantitative estimate of drug-likeness (QED) is 0.841. The van der Waals surface area contributed by atoms with Gasteiger partial charge in [0.25, 0.3) is 0 Å². The highest BCUT2D eigenvalue weighted by molar-refractivity contribution is 7.99. The van der Waals surface area contributed by atoms with E-state index in [9.17, 15) is 9.59 Å². The molecular weight excluding hydrogens is 286 g/mol. The number of rotatable bonds is 7. The first-order valence-corrected chi connectivity index (χ1v) is 7.30. The van der Waals surface area contributed by atoms with Crippen molar-refractivity contribution in [3.05, 3.63) is 34.9 Å². The van der Waals surface area contributed by atoms with Gasteiger partial charge in [0.15, 0.2) is 0 Å². The molecular formula is C13H16ClNO3S. The van der Waals surface area contributed by atoms with Crippen LogP contribution >= 0.6 is 23.4 Å². The van der Waals surface area contributed by atoms with Crippen LogP contribution < -0.4 is 0 Å². The Balaban J connectivity index is 2.28. The second-order valence-corrected chi connectivity index (χ2v) is 5.50. The van der Waals surface area contributed by atoms with Gasteiger partial charge < -0.3 is 10.0 Å². The molecule has 19 heavy (non-hydrogen) atoms. The summed E-state index contributed by atoms with van der Waals surface area (Å²) in [6.45, 7) is 0.242. The molecule has 1 N–H and O–H groups in total. The van der Waals surface area contributed by atoms with Gasteiger partial charge in [0, 0.05) is 24.4 Å². The van der Waals surface area contributed by atoms with Crippen molar-refractivity contribution in [3.8, 4) is 0 Å². The number of nitrogens with zero attached hydrogens (tertiary/aromatic N) is 1. The number of benzene rings is 1. The number of thioether (sulfide) groups is 1. The third kappa shape index (κ3) is 6.50. The molecule has 1 aromatic carbocycles. The zero-order valence-electron chi connectivity index (χ0n) is 10.6. The first-order chi connectivity index (χ1) is 8.99. The molecule has 6 heteroatoms. The lowest BCUT2D eigenvalue weighted by Crippen LogP contribution is -2.30. The highest BCUT2D eigenvalue weighted by atomic mass is 35.5. The number of amides is 1. The number of hydrogen-bond donors (Lipinski definition) is 1. The summed E-state index contributed by atoms with van der Waals surface area (Å²) in [5, 5.41) is 9.22. The summed E-state index contributed by atoms with van der Waals surface area (Å²) < 4.78 is 0. The minimum atomic E-state index is -0.897. The maximum absolute atomic E-state index is 11.7. The molecule has 0 saturated heterocycles. The number of carbonyl (C=O) groups is 2. The molecule has 0 aliphatic rings. The van der Waals surface area contributed by atoms with E-state index in [4.69, 9.17) is 16.7 Å². The summed E-state index contributed by atoms with van der Waals surface area (Å²) in [4.78, 5) is 23.5. The van der Waals surface area contributed by atoms with Crippen molar-refractivity contribution in [1.82, 2.24) is 4.90 Å². The van der Waals surface area contributed by atoms with E-state index in [1.807, 2.05) is 18.2 Å². The van der Waals surface area contributed by atoms with E-state index in [-0.39, 0.29) is 18.9 Å². The summed E-state index contributed by atoms with van der Waals surface area (Å²) in [6, 6.07) is 7.50. The van der Waals surface area contributed by atoms with Crippen molar-refractivity contribution in [2.24, 2.45) is 0 Å². The van der Waals surface area contributed by atoms with Crippen LogP contribution in [0, 0.1) is 0 Å². The molecule has 0 heterocycles. The van der Waals surface area contributed by atoms with Crippen molar-refractivity contribution in [2.45, 2.75) is 12.2 Å². The van der Waals surface area contributed by atoms with Crippen LogP contribution in [0.4, 0.5) is 0 Å². The molecule has 0 saturated carbocycles. The second kappa shape index (κ2) is 8.07. The normalized spacial score (nSPS) is 10.2. The fraction of sp³-hybridized carbons (Fsp3) is 0.385. The first kappa shape index (κ1) is 15.9. The van der Waals surface area contributed by atoms with Gasteiger partial charge in [-0.15, -0.1) is 11.8 Å². The van der Waals surface area contributed by atoms with Crippen molar-refractivity contribution in [1.29, 1.82) is 0 Å². The van der Waals surface area contributed by atoms with E-state index in [0.29, 0.717) is 16.5 Å². The Hall–Kier alpha value is -1.20. The van der Waals surface area contributed by atoms with Gasteiger partial charge in [-0.3, -0.25) is 9.59 Å². The Morgan fingerprint density at radius 2 is 2.16 bits per heavy atom. The van der Waals surface area contributed by atoms with E-state index in [1.54, 1.807) is 13.1 Å². The Morgan fingerprint density at radius 1 is 1.42 bits per heavy atom. The van der Waals surface area contributed by atoms with Gasteiger partial charge in [0.2, 0.25) is 5.91 Å². The second-order valence-electron chi connectivity index (χ2n) is 4.08. The van der Waals surface area contributed by atoms with E-state index >= 15 is 0 Å². The highest BCUT2D eigenvalue weighted by Gasteiger charge is 2.10. The number of carbonyl (C=O) groups excluding carboxylic acids is 1. The maximum atomic E-state index is 11.7. The van der Waals surface area contributed by atoms with Crippen LogP contribution in [0.15, 0.2) is 24.3 Å². The lowest BCUT2D eigenvalue weighted by atomic mass is 10.2. The van der Waals surface area contributed by atoms with Crippen molar-refractivity contribution >= 4 is 35.2 Å². The molecule has 1 aromatic rings. The summed E-state index contributed by atoms with van der Waals surface area (Å²) in [6.07, 6.45) is -0.0266. The third-order valence-corrected chi connectivity index (χ3v) is 3.69. The predicted octanol–water partition coefficient (Wildman–Crippen LogP) is 2.51. The average Bonchev–Trinajstić information content (AvgIpc) is 2.35. The predicted molar refractivity (Wildman–Crippen MR) is 77.5 cm³/mol. The van der Waals surface area contributed by atoms with Gasteiger partial charge in [-0.2, -0.15) is 0 Å². The van der Waals surface area contributed by atoms with Crippen LogP contribution in [0.25, 0.3) is 0 Å². The zero-order chi connectivity index (χ0) is 14.3. The van der Waals surface area contributed by atoms with E-state index in [2.05, 4.69) is 0 Å². The van der Waals surface area contributed by atoms with Gasteiger partial charge >= 0.3 is 5.97 Å². The largest absolute Gasteiger partial charge is 0.481 e. The van der Waals surface area contributed by atoms with E-state index in [1.165, 1.54) is 16.7 Å². The van der Waals surface area contributed by atoms with Crippen LogP contribution in [0.2, 0.25) is 5.02 Å². The number of carboxylic acids is 1. The van der Waals surface area contributed by atoms with Crippen molar-refractivity contribution in [2.75, 3.05) is 19.3 Å². The molecule has 0 radical (unpaired) electrons. The Bertz CT molecular complexity index is 453. The molecule has 0 spiro atoms. The molecule has 0 aromatic heterocycles. The molecule has 1 amide bonds. The van der Waals surface area contributed by atoms with Crippen molar-refractivity contribution < 1.29 is 14.7 Å². The lowest BCUT2D eigenvalue weighted by Gasteiger charge is -2.15. The molecule has 0 atom stereocenters. The van der Waals surface area contributed by atoms with Crippen LogP contribution in [-0.4, -0.2) is 41.2 Å². The van der Waals surface area contributed by atoms with Crippen LogP contribution in [-0.2, 0) is 15.3 Å². The van der Waals surface area contributed by atoms with Crippen molar-refractivity contribution in [3.63, 3.8) is 0 Å². The molecule has 1 rings (SSSR count). The van der Waals surface area contributed by atoms with Gasteiger partial charge in [0.1, 0.15) is 0 Å². The van der Waals surface area contributed by atoms with Gasteiger partial charge in [-0.1, -0.05) is 23.7 Å². The first-order valence-electron chi connectivity index (χ1n) is 5.77. The Labute approximate surface area is 121 Å². The van der Waals surface area contributed by atoms with Crippen LogP contribution in [0.1, 0.15) is 12.0 Å². The number of aliphatic carboxylic acids is 1. The SMILES string of the molecule is CN(CCC(=O)O)C(=O)CSCc1cccc(Cl)c1. The fourth-order valence-corrected chi connectivity index (χ4v) is 2.51. The van der Waals surface area contributed by atoms with E-state index in [0.717, 1.165) is 5.56 Å². The van der Waals surface area contributed by atoms with Crippen LogP contribution in [0.5, 0.6) is 0 Å². The molecule has 4 nitrogen and oxygen atoms in total. The molecule has 0 bridgehead atoms. The topological polar surface area (TPSA) is 57.6 Å². The summed E-state index contributed by atoms with van der Waals surface area (Å²) in [5.74, 6) is 0.0846. The molecule has 0 fully saturated rings. The van der Waals surface area contributed by atoms with Gasteiger partial charge in [-0.05, 0) is 17.7 Å². The number of halogens is 1. The van der Waals surface area contributed by atoms with Crippen LogP contribution in [0.3, 0.4) is 0 Å². The minimum Gasteiger partial charge on any atom is -0.481 e. The summed E-state index contributed by atoms with van der Waals surface area (Å²) >= 11 is 7.36. The fourth-order valence-electron chi connectivity index (χ4n) is 1.38. The summed E-state index contributed by atoms with van der Waals surface area (Å²) in [7, 11) is 1.62. The standard InChI is InChI=1S/C13H16ClNO3S/c1-15(6-5-13(17)18)12(16)9-19-8-10-3-2-4-11(14)7-10/h2-4,7H,5-6,8-9H2,1H3,(H,17,18). The monoisotopic (exact) mass is 301 g/mol. The maximum Gasteiger partial charge on any atom is 0.305 e. The van der Waals surface area contributed by atoms with Gasteiger partial charge in [-0.25, -0.2) is 0 Å². The lowest BCUT2D eigenvalue weighted by molar-refractivity contribution is -0.137.